The smallest absolute Gasteiger partial charge is 0.249 e. The molecular weight excluding hydrogens is 392 g/mol. The third kappa shape index (κ3) is 6.26. The summed E-state index contributed by atoms with van der Waals surface area (Å²) in [4.78, 5) is 5.12. The molecule has 0 amide bonds. The zero-order valence-electron chi connectivity index (χ0n) is 19.4. The molecule has 2 saturated heterocycles. The zero-order valence-corrected chi connectivity index (χ0v) is 20.4. The maximum absolute atomic E-state index is 3.96. The van der Waals surface area contributed by atoms with E-state index in [1.54, 1.807) is 0 Å². The van der Waals surface area contributed by atoms with Crippen LogP contribution < -0.4 is 5.19 Å². The molecule has 0 aromatic heterocycles. The third-order valence-electron chi connectivity index (χ3n) is 7.52. The average molecular weight is 433 g/mol. The van der Waals surface area contributed by atoms with E-state index in [2.05, 4.69) is 63.1 Å². The number of hydrogen-bond donors (Lipinski definition) is 0. The van der Waals surface area contributed by atoms with Crippen molar-refractivity contribution < 1.29 is 0 Å². The monoisotopic (exact) mass is 432 g/mol. The second kappa shape index (κ2) is 11.9. The van der Waals surface area contributed by atoms with Crippen LogP contribution in [-0.2, 0) is 0 Å². The first kappa shape index (κ1) is 22.7. The second-order valence-electron chi connectivity index (χ2n) is 9.79. The number of hydrogen-bond acceptors (Lipinski definition) is 2. The first-order chi connectivity index (χ1) is 15.4. The van der Waals surface area contributed by atoms with Gasteiger partial charge in [0.1, 0.15) is 0 Å². The molecule has 0 spiro atoms. The Morgan fingerprint density at radius 3 is 1.65 bits per heavy atom. The summed E-state index contributed by atoms with van der Waals surface area (Å²) in [6.45, 7) is 6.75. The summed E-state index contributed by atoms with van der Waals surface area (Å²) in [6, 6.07) is 11.2. The zero-order chi connectivity index (χ0) is 21.2. The van der Waals surface area contributed by atoms with Crippen LogP contribution >= 0.6 is 0 Å². The molecule has 0 N–H and O–H groups in total. The van der Waals surface area contributed by atoms with E-state index in [0.717, 1.165) is 13.1 Å². The maximum atomic E-state index is 3.96. The van der Waals surface area contributed by atoms with E-state index in [4.69, 9.17) is 0 Å². The largest absolute Gasteiger partial charge is 0.292 e. The quantitative estimate of drug-likeness (QED) is 0.501. The minimum Gasteiger partial charge on any atom is -0.292 e. The highest BCUT2D eigenvalue weighted by Gasteiger charge is 2.41. The van der Waals surface area contributed by atoms with Gasteiger partial charge in [0.05, 0.1) is 13.1 Å². The number of likely N-dealkylation sites (tertiary alicyclic amines) is 2. The van der Waals surface area contributed by atoms with Gasteiger partial charge in [-0.05, 0) is 62.6 Å². The minimum absolute atomic E-state index is 0.686. The van der Waals surface area contributed by atoms with Crippen LogP contribution in [0.3, 0.4) is 0 Å². The van der Waals surface area contributed by atoms with Crippen molar-refractivity contribution in [2.24, 2.45) is 0 Å². The average Bonchev–Trinajstić information content (AvgIpc) is 2.85. The normalized spacial score (nSPS) is 21.5. The Balaban J connectivity index is 1.62. The van der Waals surface area contributed by atoms with Gasteiger partial charge in [0.25, 0.3) is 0 Å². The molecule has 166 valence electrons. The summed E-state index contributed by atoms with van der Waals surface area (Å²) < 4.78 is 0. The minimum atomic E-state index is -2.22. The highest BCUT2D eigenvalue weighted by Crippen LogP contribution is 2.36. The molecule has 0 unspecified atom stereocenters. The van der Waals surface area contributed by atoms with Crippen LogP contribution in [0.25, 0.3) is 0 Å². The van der Waals surface area contributed by atoms with Gasteiger partial charge in [0.15, 0.2) is 0 Å². The van der Waals surface area contributed by atoms with Crippen molar-refractivity contribution in [1.82, 2.24) is 9.80 Å². The Hall–Kier alpha value is -1.52. The van der Waals surface area contributed by atoms with Gasteiger partial charge in [-0.2, -0.15) is 0 Å². The molecule has 0 radical (unpaired) electrons. The molecule has 3 heteroatoms. The molecule has 2 aliphatic heterocycles. The highest BCUT2D eigenvalue weighted by atomic mass is 28.3. The molecule has 1 saturated carbocycles. The van der Waals surface area contributed by atoms with Gasteiger partial charge in [0, 0.05) is 0 Å². The van der Waals surface area contributed by atoms with Crippen molar-refractivity contribution in [1.29, 1.82) is 0 Å². The molecule has 1 aromatic rings. The number of rotatable bonds is 4. The third-order valence-corrected chi connectivity index (χ3v) is 11.7. The van der Waals surface area contributed by atoms with Crippen LogP contribution in [0.1, 0.15) is 70.6 Å². The fourth-order valence-electron chi connectivity index (χ4n) is 5.67. The molecule has 3 fully saturated rings. The van der Waals surface area contributed by atoms with Crippen molar-refractivity contribution in [3.05, 3.63) is 30.3 Å². The Morgan fingerprint density at radius 2 is 1.13 bits per heavy atom. The van der Waals surface area contributed by atoms with Gasteiger partial charge in [-0.3, -0.25) is 9.80 Å². The number of nitrogens with zero attached hydrogens (tertiary/aromatic N) is 2. The van der Waals surface area contributed by atoms with E-state index < -0.39 is 8.07 Å². The molecule has 3 aliphatic rings. The van der Waals surface area contributed by atoms with Crippen LogP contribution in [0.4, 0.5) is 0 Å². The number of piperidine rings is 2. The Bertz CT molecular complexity index is 741. The van der Waals surface area contributed by atoms with Crippen molar-refractivity contribution in [2.45, 2.75) is 76.2 Å². The van der Waals surface area contributed by atoms with Crippen molar-refractivity contribution in [3.8, 4) is 22.9 Å². The lowest BCUT2D eigenvalue weighted by Gasteiger charge is -2.34. The van der Waals surface area contributed by atoms with Gasteiger partial charge < -0.3 is 0 Å². The van der Waals surface area contributed by atoms with E-state index in [1.807, 2.05) is 0 Å². The predicted molar refractivity (Wildman–Crippen MR) is 135 cm³/mol. The van der Waals surface area contributed by atoms with Crippen LogP contribution in [0.2, 0.25) is 5.54 Å². The van der Waals surface area contributed by atoms with E-state index >= 15 is 0 Å². The summed E-state index contributed by atoms with van der Waals surface area (Å²) in [7, 11) is -2.22. The van der Waals surface area contributed by atoms with E-state index in [-0.39, 0.29) is 0 Å². The van der Waals surface area contributed by atoms with Crippen molar-refractivity contribution in [2.75, 3.05) is 39.3 Å². The summed E-state index contributed by atoms with van der Waals surface area (Å²) in [5, 5.41) is 1.46. The summed E-state index contributed by atoms with van der Waals surface area (Å²) in [5.74, 6) is 7.40. The van der Waals surface area contributed by atoms with Crippen LogP contribution in [-0.4, -0.2) is 57.1 Å². The fraction of sp³-hybridized carbons (Fsp3) is 0.643. The van der Waals surface area contributed by atoms with Crippen LogP contribution in [0, 0.1) is 22.9 Å². The van der Waals surface area contributed by atoms with Crippen LogP contribution in [0.5, 0.6) is 0 Å². The van der Waals surface area contributed by atoms with Gasteiger partial charge in [-0.25, -0.2) is 0 Å². The molecule has 31 heavy (non-hydrogen) atoms. The standard InChI is InChI=1S/C28H40N2Si/c1-5-15-27(16-6-1)31(28-17-7-2-8-18-28,25-13-23-29-19-9-3-10-20-29)26-14-24-30-21-11-4-12-22-30/h1,5-6,15-16,28H,2-4,7-12,17-24H2. The molecule has 4 rings (SSSR count). The van der Waals surface area contributed by atoms with Gasteiger partial charge in [-0.1, -0.05) is 87.1 Å². The summed E-state index contributed by atoms with van der Waals surface area (Å²) in [6.07, 6.45) is 14.8. The van der Waals surface area contributed by atoms with E-state index in [9.17, 15) is 0 Å². The molecular formula is C28H40N2Si. The Kier molecular flexibility index (Phi) is 8.71. The van der Waals surface area contributed by atoms with E-state index in [1.165, 1.54) is 102 Å². The highest BCUT2D eigenvalue weighted by molar-refractivity contribution is 7.05. The molecule has 1 aliphatic carbocycles. The summed E-state index contributed by atoms with van der Waals surface area (Å²) >= 11 is 0. The second-order valence-corrected chi connectivity index (χ2v) is 13.3. The predicted octanol–water partition coefficient (Wildman–Crippen LogP) is 4.73. The first-order valence-corrected chi connectivity index (χ1v) is 14.9. The molecule has 0 bridgehead atoms. The van der Waals surface area contributed by atoms with E-state index in [0.29, 0.717) is 5.54 Å². The van der Waals surface area contributed by atoms with Gasteiger partial charge in [0.2, 0.25) is 8.07 Å². The molecule has 0 atom stereocenters. The lowest BCUT2D eigenvalue weighted by atomic mass is 10.0. The fourth-order valence-corrected chi connectivity index (χ4v) is 9.61. The molecule has 2 nitrogen and oxygen atoms in total. The molecule has 1 aromatic carbocycles. The lowest BCUT2D eigenvalue weighted by Crippen LogP contribution is -2.51. The maximum Gasteiger partial charge on any atom is 0.249 e. The summed E-state index contributed by atoms with van der Waals surface area (Å²) in [5.41, 5.74) is 8.61. The van der Waals surface area contributed by atoms with Gasteiger partial charge >= 0.3 is 0 Å². The van der Waals surface area contributed by atoms with Gasteiger partial charge in [-0.15, -0.1) is 11.1 Å². The van der Waals surface area contributed by atoms with Crippen LogP contribution in [0.15, 0.2) is 30.3 Å². The Morgan fingerprint density at radius 1 is 0.645 bits per heavy atom. The first-order valence-electron chi connectivity index (χ1n) is 12.9. The van der Waals surface area contributed by atoms with Crippen molar-refractivity contribution >= 4 is 13.3 Å². The molecule has 2 heterocycles. The Labute approximate surface area is 191 Å². The topological polar surface area (TPSA) is 6.48 Å². The SMILES string of the molecule is C(#C[Si](C#CCN1CCCCC1)(c1ccccc1)C1CCCCC1)CN1CCCCC1. The lowest BCUT2D eigenvalue weighted by molar-refractivity contribution is 0.255. The number of benzene rings is 1. The van der Waals surface area contributed by atoms with Crippen molar-refractivity contribution in [3.63, 3.8) is 0 Å².